The zero-order valence-corrected chi connectivity index (χ0v) is 9.99. The minimum absolute atomic E-state index is 0.436. The van der Waals surface area contributed by atoms with Gasteiger partial charge in [-0.1, -0.05) is 6.92 Å². The summed E-state index contributed by atoms with van der Waals surface area (Å²) >= 11 is 0. The van der Waals surface area contributed by atoms with Gasteiger partial charge in [0.05, 0.1) is 0 Å². The average molecular weight is 221 g/mol. The SMILES string of the molecule is CCNC1CCCc2nc(COC)ncc21. The Morgan fingerprint density at radius 2 is 2.44 bits per heavy atom. The Morgan fingerprint density at radius 1 is 1.56 bits per heavy atom. The number of fused-ring (bicyclic) bond motifs is 1. The maximum absolute atomic E-state index is 5.05. The summed E-state index contributed by atoms with van der Waals surface area (Å²) in [5, 5.41) is 3.48. The summed E-state index contributed by atoms with van der Waals surface area (Å²) in [4.78, 5) is 8.90. The molecule has 1 atom stereocenters. The number of aryl methyl sites for hydroxylation is 1. The third-order valence-electron chi connectivity index (χ3n) is 2.96. The second kappa shape index (κ2) is 5.37. The molecular formula is C12H19N3O. The minimum atomic E-state index is 0.436. The maximum atomic E-state index is 5.05. The lowest BCUT2D eigenvalue weighted by atomic mass is 9.92. The summed E-state index contributed by atoms with van der Waals surface area (Å²) in [6.07, 6.45) is 5.42. The van der Waals surface area contributed by atoms with E-state index in [2.05, 4.69) is 22.2 Å². The standard InChI is InChI=1S/C12H19N3O/c1-3-13-10-5-4-6-11-9(10)7-14-12(15-11)8-16-2/h7,10,13H,3-6,8H2,1-2H3. The van der Waals surface area contributed by atoms with Crippen LogP contribution in [0.5, 0.6) is 0 Å². The van der Waals surface area contributed by atoms with Crippen LogP contribution in [-0.2, 0) is 17.8 Å². The van der Waals surface area contributed by atoms with Crippen molar-refractivity contribution in [3.8, 4) is 0 Å². The number of methoxy groups -OCH3 is 1. The molecule has 1 unspecified atom stereocenters. The molecule has 0 radical (unpaired) electrons. The van der Waals surface area contributed by atoms with Gasteiger partial charge in [-0.05, 0) is 25.8 Å². The van der Waals surface area contributed by atoms with Gasteiger partial charge in [0.25, 0.3) is 0 Å². The van der Waals surface area contributed by atoms with E-state index in [-0.39, 0.29) is 0 Å². The van der Waals surface area contributed by atoms with Crippen LogP contribution in [-0.4, -0.2) is 23.6 Å². The highest BCUT2D eigenvalue weighted by atomic mass is 16.5. The summed E-state index contributed by atoms with van der Waals surface area (Å²) in [5.74, 6) is 0.790. The zero-order valence-electron chi connectivity index (χ0n) is 9.99. The van der Waals surface area contributed by atoms with Gasteiger partial charge in [-0.3, -0.25) is 0 Å². The molecule has 16 heavy (non-hydrogen) atoms. The molecular weight excluding hydrogens is 202 g/mol. The molecule has 1 heterocycles. The molecule has 0 saturated heterocycles. The fraction of sp³-hybridized carbons (Fsp3) is 0.667. The number of nitrogens with one attached hydrogen (secondary N) is 1. The third-order valence-corrected chi connectivity index (χ3v) is 2.96. The van der Waals surface area contributed by atoms with Crippen molar-refractivity contribution < 1.29 is 4.74 Å². The second-order valence-electron chi connectivity index (χ2n) is 4.12. The van der Waals surface area contributed by atoms with Gasteiger partial charge < -0.3 is 10.1 Å². The molecule has 1 aromatic rings. The number of nitrogens with zero attached hydrogens (tertiary/aromatic N) is 2. The first-order valence-electron chi connectivity index (χ1n) is 5.92. The van der Waals surface area contributed by atoms with Crippen LogP contribution in [0.25, 0.3) is 0 Å². The summed E-state index contributed by atoms with van der Waals surface area (Å²) in [5.41, 5.74) is 2.47. The van der Waals surface area contributed by atoms with Crippen LogP contribution < -0.4 is 5.32 Å². The third kappa shape index (κ3) is 2.39. The maximum Gasteiger partial charge on any atom is 0.154 e. The summed E-state index contributed by atoms with van der Waals surface area (Å²) in [6.45, 7) is 3.62. The first-order chi connectivity index (χ1) is 7.85. The van der Waals surface area contributed by atoms with E-state index in [4.69, 9.17) is 4.74 Å². The van der Waals surface area contributed by atoms with Crippen LogP contribution in [0.1, 0.15) is 42.9 Å². The first-order valence-corrected chi connectivity index (χ1v) is 5.92. The van der Waals surface area contributed by atoms with Crippen molar-refractivity contribution in [3.63, 3.8) is 0 Å². The number of ether oxygens (including phenoxy) is 1. The fourth-order valence-electron chi connectivity index (χ4n) is 2.25. The zero-order chi connectivity index (χ0) is 11.4. The molecule has 1 aliphatic carbocycles. The molecule has 0 aliphatic heterocycles. The lowest BCUT2D eigenvalue weighted by Gasteiger charge is -2.25. The quantitative estimate of drug-likeness (QED) is 0.839. The Morgan fingerprint density at radius 3 is 3.19 bits per heavy atom. The molecule has 1 N–H and O–H groups in total. The lowest BCUT2D eigenvalue weighted by Crippen LogP contribution is -2.26. The summed E-state index contributed by atoms with van der Waals surface area (Å²) in [6, 6.07) is 0.436. The summed E-state index contributed by atoms with van der Waals surface area (Å²) in [7, 11) is 1.67. The minimum Gasteiger partial charge on any atom is -0.377 e. The highest BCUT2D eigenvalue weighted by molar-refractivity contribution is 5.24. The van der Waals surface area contributed by atoms with Crippen molar-refractivity contribution in [2.45, 2.75) is 38.8 Å². The molecule has 4 heteroatoms. The van der Waals surface area contributed by atoms with Crippen molar-refractivity contribution >= 4 is 0 Å². The average Bonchev–Trinajstić information content (AvgIpc) is 2.30. The monoisotopic (exact) mass is 221 g/mol. The van der Waals surface area contributed by atoms with Crippen molar-refractivity contribution in [2.24, 2.45) is 0 Å². The van der Waals surface area contributed by atoms with Crippen molar-refractivity contribution in [1.29, 1.82) is 0 Å². The molecule has 2 rings (SSSR count). The van der Waals surface area contributed by atoms with E-state index < -0.39 is 0 Å². The van der Waals surface area contributed by atoms with Gasteiger partial charge in [0.15, 0.2) is 5.82 Å². The molecule has 88 valence electrons. The largest absolute Gasteiger partial charge is 0.377 e. The predicted molar refractivity (Wildman–Crippen MR) is 62.1 cm³/mol. The number of hydrogen-bond acceptors (Lipinski definition) is 4. The number of aromatic nitrogens is 2. The Kier molecular flexibility index (Phi) is 3.85. The van der Waals surface area contributed by atoms with E-state index in [1.165, 1.54) is 24.1 Å². The van der Waals surface area contributed by atoms with Crippen LogP contribution >= 0.6 is 0 Å². The van der Waals surface area contributed by atoms with E-state index >= 15 is 0 Å². The predicted octanol–water partition coefficient (Wildman–Crippen LogP) is 1.61. The first kappa shape index (κ1) is 11.5. The van der Waals surface area contributed by atoms with Crippen LogP contribution in [0.2, 0.25) is 0 Å². The molecule has 4 nitrogen and oxygen atoms in total. The molecule has 0 aromatic carbocycles. The highest BCUT2D eigenvalue weighted by Gasteiger charge is 2.21. The highest BCUT2D eigenvalue weighted by Crippen LogP contribution is 2.27. The Bertz CT molecular complexity index is 354. The normalized spacial score (nSPS) is 19.5. The molecule has 0 spiro atoms. The van der Waals surface area contributed by atoms with Gasteiger partial charge in [0.2, 0.25) is 0 Å². The fourth-order valence-corrected chi connectivity index (χ4v) is 2.25. The van der Waals surface area contributed by atoms with E-state index in [1.807, 2.05) is 6.20 Å². The van der Waals surface area contributed by atoms with Gasteiger partial charge in [-0.2, -0.15) is 0 Å². The van der Waals surface area contributed by atoms with E-state index in [9.17, 15) is 0 Å². The van der Waals surface area contributed by atoms with Crippen LogP contribution in [0.4, 0.5) is 0 Å². The van der Waals surface area contributed by atoms with E-state index in [0.29, 0.717) is 12.6 Å². The molecule has 1 aromatic heterocycles. The van der Waals surface area contributed by atoms with Gasteiger partial charge in [0.1, 0.15) is 6.61 Å². The lowest BCUT2D eigenvalue weighted by molar-refractivity contribution is 0.177. The van der Waals surface area contributed by atoms with Crippen molar-refractivity contribution in [2.75, 3.05) is 13.7 Å². The smallest absolute Gasteiger partial charge is 0.154 e. The van der Waals surface area contributed by atoms with Gasteiger partial charge in [-0.15, -0.1) is 0 Å². The van der Waals surface area contributed by atoms with Crippen LogP contribution in [0, 0.1) is 0 Å². The van der Waals surface area contributed by atoms with Gasteiger partial charge >= 0.3 is 0 Å². The Balaban J connectivity index is 2.22. The molecule has 0 saturated carbocycles. The van der Waals surface area contributed by atoms with E-state index in [1.54, 1.807) is 7.11 Å². The van der Waals surface area contributed by atoms with Crippen LogP contribution in [0.15, 0.2) is 6.20 Å². The molecule has 0 fully saturated rings. The molecule has 0 bridgehead atoms. The van der Waals surface area contributed by atoms with Gasteiger partial charge in [0, 0.05) is 30.6 Å². The molecule has 1 aliphatic rings. The van der Waals surface area contributed by atoms with Crippen LogP contribution in [0.3, 0.4) is 0 Å². The van der Waals surface area contributed by atoms with E-state index in [0.717, 1.165) is 18.8 Å². The van der Waals surface area contributed by atoms with Crippen molar-refractivity contribution in [1.82, 2.24) is 15.3 Å². The number of rotatable bonds is 4. The topological polar surface area (TPSA) is 47.0 Å². The summed E-state index contributed by atoms with van der Waals surface area (Å²) < 4.78 is 5.05. The van der Waals surface area contributed by atoms with Gasteiger partial charge in [-0.25, -0.2) is 9.97 Å². The number of hydrogen-bond donors (Lipinski definition) is 1. The molecule has 0 amide bonds. The Labute approximate surface area is 96.4 Å². The second-order valence-corrected chi connectivity index (χ2v) is 4.12. The Hall–Kier alpha value is -1.00. The van der Waals surface area contributed by atoms with Crippen molar-refractivity contribution in [3.05, 3.63) is 23.3 Å².